The van der Waals surface area contributed by atoms with Crippen molar-refractivity contribution in [3.63, 3.8) is 0 Å². The van der Waals surface area contributed by atoms with E-state index in [2.05, 4.69) is 23.1 Å². The van der Waals surface area contributed by atoms with Crippen LogP contribution in [0.5, 0.6) is 5.75 Å². The molecular weight excluding hydrogens is 392 g/mol. The van der Waals surface area contributed by atoms with E-state index in [0.717, 1.165) is 23.5 Å². The maximum Gasteiger partial charge on any atom is 0.335 e. The van der Waals surface area contributed by atoms with Gasteiger partial charge in [0.25, 0.3) is 0 Å². The normalized spacial score (nSPS) is 35.5. The number of aliphatic carboxylic acids is 1. The molecular formula is C25H26N2O4. The summed E-state index contributed by atoms with van der Waals surface area (Å²) in [5, 5.41) is 24.1. The molecule has 0 saturated heterocycles. The van der Waals surface area contributed by atoms with Crippen molar-refractivity contribution in [2.75, 3.05) is 0 Å². The number of aromatic nitrogens is 2. The van der Waals surface area contributed by atoms with Crippen molar-refractivity contribution in [1.29, 1.82) is 0 Å². The van der Waals surface area contributed by atoms with Gasteiger partial charge in [0.05, 0.1) is 11.5 Å². The number of carbonyl (C=O) groups is 1. The third-order valence-corrected chi connectivity index (χ3v) is 8.11. The van der Waals surface area contributed by atoms with Gasteiger partial charge in [0, 0.05) is 16.5 Å². The fraction of sp³-hybridized carbons (Fsp3) is 0.480. The average molecular weight is 418 g/mol. The minimum atomic E-state index is -0.930. The van der Waals surface area contributed by atoms with Gasteiger partial charge in [-0.15, -0.1) is 0 Å². The number of carboxylic acid groups (broad SMARTS) is 1. The molecule has 3 saturated carbocycles. The standard InChI is InChI=1S/C25H26N2O4/c1-14-9-24-11-18(24)12-25(10-14,13-24)19-8-17(6-7-20(19)28)21-26-22(31-27-21)15-2-4-16(5-3-15)23(29)30/h2,4-8,14-15,18,28H,3,9-13H2,1H3,(H,29,30). The van der Waals surface area contributed by atoms with Crippen molar-refractivity contribution in [3.05, 3.63) is 53.5 Å². The van der Waals surface area contributed by atoms with Gasteiger partial charge in [0.15, 0.2) is 0 Å². The van der Waals surface area contributed by atoms with E-state index in [1.165, 1.54) is 25.7 Å². The summed E-state index contributed by atoms with van der Waals surface area (Å²) in [6.45, 7) is 2.35. The summed E-state index contributed by atoms with van der Waals surface area (Å²) >= 11 is 0. The summed E-state index contributed by atoms with van der Waals surface area (Å²) in [5.74, 6) is 1.81. The molecule has 0 radical (unpaired) electrons. The van der Waals surface area contributed by atoms with Gasteiger partial charge in [-0.25, -0.2) is 4.79 Å². The Hall–Kier alpha value is -2.89. The summed E-state index contributed by atoms with van der Waals surface area (Å²) in [7, 11) is 0. The van der Waals surface area contributed by atoms with Crippen LogP contribution in [0.25, 0.3) is 11.4 Å². The molecule has 31 heavy (non-hydrogen) atoms. The van der Waals surface area contributed by atoms with Crippen LogP contribution in [0.15, 0.2) is 46.5 Å². The number of aromatic hydroxyl groups is 1. The molecule has 6 nitrogen and oxygen atoms in total. The fourth-order valence-corrected chi connectivity index (χ4v) is 6.95. The fourth-order valence-electron chi connectivity index (χ4n) is 6.95. The predicted molar refractivity (Wildman–Crippen MR) is 113 cm³/mol. The molecule has 6 rings (SSSR count). The predicted octanol–water partition coefficient (Wildman–Crippen LogP) is 4.96. The lowest BCUT2D eigenvalue weighted by atomic mass is 9.64. The molecule has 2 N–H and O–H groups in total. The number of hydrogen-bond acceptors (Lipinski definition) is 5. The van der Waals surface area contributed by atoms with Crippen molar-refractivity contribution < 1.29 is 19.5 Å². The molecule has 3 fully saturated rings. The van der Waals surface area contributed by atoms with E-state index < -0.39 is 5.97 Å². The quantitative estimate of drug-likeness (QED) is 0.728. The Balaban J connectivity index is 1.29. The van der Waals surface area contributed by atoms with Gasteiger partial charge in [-0.3, -0.25) is 0 Å². The van der Waals surface area contributed by atoms with Crippen LogP contribution < -0.4 is 0 Å². The van der Waals surface area contributed by atoms with Crippen LogP contribution in [0.1, 0.15) is 62.8 Å². The minimum absolute atomic E-state index is 0.0668. The van der Waals surface area contributed by atoms with E-state index in [0.29, 0.717) is 35.2 Å². The van der Waals surface area contributed by atoms with Crippen LogP contribution >= 0.6 is 0 Å². The van der Waals surface area contributed by atoms with E-state index in [9.17, 15) is 9.90 Å². The van der Waals surface area contributed by atoms with E-state index in [4.69, 9.17) is 9.63 Å². The van der Waals surface area contributed by atoms with Gasteiger partial charge in [-0.1, -0.05) is 30.3 Å². The van der Waals surface area contributed by atoms with Crippen molar-refractivity contribution in [2.24, 2.45) is 17.3 Å². The molecule has 2 bridgehead atoms. The Labute approximate surface area is 180 Å². The van der Waals surface area contributed by atoms with E-state index in [-0.39, 0.29) is 16.9 Å². The lowest BCUT2D eigenvalue weighted by Crippen LogP contribution is -2.33. The summed E-state index contributed by atoms with van der Waals surface area (Å²) in [5.41, 5.74) is 2.77. The van der Waals surface area contributed by atoms with E-state index >= 15 is 0 Å². The van der Waals surface area contributed by atoms with Gasteiger partial charge >= 0.3 is 5.97 Å². The third-order valence-electron chi connectivity index (χ3n) is 8.11. The summed E-state index contributed by atoms with van der Waals surface area (Å²) in [4.78, 5) is 15.7. The van der Waals surface area contributed by atoms with Crippen LogP contribution in [0, 0.1) is 17.3 Å². The topological polar surface area (TPSA) is 96.5 Å². The number of allylic oxidation sites excluding steroid dienone is 2. The Kier molecular flexibility index (Phi) is 3.84. The van der Waals surface area contributed by atoms with Crippen LogP contribution in [-0.4, -0.2) is 26.3 Å². The van der Waals surface area contributed by atoms with E-state index in [1.807, 2.05) is 6.07 Å². The molecule has 1 heterocycles. The third kappa shape index (κ3) is 2.87. The zero-order valence-corrected chi connectivity index (χ0v) is 17.5. The first-order valence-electron chi connectivity index (χ1n) is 11.2. The lowest BCUT2D eigenvalue weighted by molar-refractivity contribution is -0.132. The first-order valence-corrected chi connectivity index (χ1v) is 11.2. The molecule has 1 aromatic heterocycles. The highest BCUT2D eigenvalue weighted by molar-refractivity contribution is 5.90. The van der Waals surface area contributed by atoms with Gasteiger partial charge < -0.3 is 14.7 Å². The van der Waals surface area contributed by atoms with Crippen LogP contribution in [0.4, 0.5) is 0 Å². The molecule has 5 unspecified atom stereocenters. The van der Waals surface area contributed by atoms with Crippen molar-refractivity contribution in [2.45, 2.75) is 56.8 Å². The molecule has 4 aliphatic carbocycles. The summed E-state index contributed by atoms with van der Waals surface area (Å²) in [6.07, 6.45) is 11.8. The summed E-state index contributed by atoms with van der Waals surface area (Å²) < 4.78 is 5.52. The Morgan fingerprint density at radius 2 is 2.10 bits per heavy atom. The van der Waals surface area contributed by atoms with Crippen LogP contribution in [-0.2, 0) is 10.2 Å². The minimum Gasteiger partial charge on any atom is -0.508 e. The molecule has 6 heteroatoms. The largest absolute Gasteiger partial charge is 0.508 e. The molecule has 1 aromatic carbocycles. The maximum absolute atomic E-state index is 11.1. The number of carboxylic acids is 1. The monoisotopic (exact) mass is 418 g/mol. The Morgan fingerprint density at radius 3 is 2.87 bits per heavy atom. The highest BCUT2D eigenvalue weighted by Crippen LogP contribution is 2.76. The van der Waals surface area contributed by atoms with Gasteiger partial charge in [0.1, 0.15) is 5.75 Å². The first-order chi connectivity index (χ1) is 14.9. The molecule has 0 aliphatic heterocycles. The first kappa shape index (κ1) is 18.8. The van der Waals surface area contributed by atoms with E-state index in [1.54, 1.807) is 24.3 Å². The SMILES string of the molecule is CC1CC2(c3cc(-c4noc(C5C=CC(C(=O)O)=CC5)n4)ccc3O)CC3CC3(C1)C2. The lowest BCUT2D eigenvalue weighted by Gasteiger charge is -2.40. The second-order valence-electron chi connectivity index (χ2n) is 10.3. The Bertz CT molecular complexity index is 1140. The molecule has 5 atom stereocenters. The number of fused-ring (bicyclic) bond motifs is 1. The maximum atomic E-state index is 11.1. The molecule has 1 spiro atoms. The number of nitrogens with zero attached hydrogens (tertiary/aromatic N) is 2. The highest BCUT2D eigenvalue weighted by atomic mass is 16.5. The molecule has 4 aliphatic rings. The molecule has 160 valence electrons. The summed E-state index contributed by atoms with van der Waals surface area (Å²) in [6, 6.07) is 5.69. The van der Waals surface area contributed by atoms with Gasteiger partial charge in [-0.05, 0) is 74.0 Å². The van der Waals surface area contributed by atoms with Crippen LogP contribution in [0.2, 0.25) is 0 Å². The van der Waals surface area contributed by atoms with Crippen molar-refractivity contribution in [3.8, 4) is 17.1 Å². The second kappa shape index (κ2) is 6.31. The second-order valence-corrected chi connectivity index (χ2v) is 10.3. The van der Waals surface area contributed by atoms with Gasteiger partial charge in [-0.2, -0.15) is 4.98 Å². The number of phenolic OH excluding ortho intramolecular Hbond substituents is 1. The zero-order valence-electron chi connectivity index (χ0n) is 17.5. The highest BCUT2D eigenvalue weighted by Gasteiger charge is 2.68. The van der Waals surface area contributed by atoms with Crippen LogP contribution in [0.3, 0.4) is 0 Å². The Morgan fingerprint density at radius 1 is 1.23 bits per heavy atom. The van der Waals surface area contributed by atoms with Crippen molar-refractivity contribution >= 4 is 5.97 Å². The molecule has 0 amide bonds. The number of phenols is 1. The van der Waals surface area contributed by atoms with Gasteiger partial charge in [0.2, 0.25) is 11.7 Å². The smallest absolute Gasteiger partial charge is 0.335 e. The molecule has 2 aromatic rings. The average Bonchev–Trinajstić information content (AvgIpc) is 3.09. The number of benzene rings is 1. The number of hydrogen-bond donors (Lipinski definition) is 2. The number of rotatable bonds is 4. The van der Waals surface area contributed by atoms with Crippen molar-refractivity contribution in [1.82, 2.24) is 10.1 Å². The zero-order chi connectivity index (χ0) is 21.4.